The second-order valence-electron chi connectivity index (χ2n) is 12.5. The summed E-state index contributed by atoms with van der Waals surface area (Å²) in [6.45, 7) is 5.45. The number of pyridine rings is 1. The van der Waals surface area contributed by atoms with Crippen LogP contribution in [0.4, 0.5) is 10.1 Å². The smallest absolute Gasteiger partial charge is 0.338 e. The van der Waals surface area contributed by atoms with E-state index in [1.165, 1.54) is 29.5 Å². The van der Waals surface area contributed by atoms with Crippen molar-refractivity contribution in [1.29, 1.82) is 0 Å². The normalized spacial score (nSPS) is 16.0. The molecule has 4 heterocycles. The third-order valence-electron chi connectivity index (χ3n) is 8.89. The number of nitrogens with zero attached hydrogens (tertiary/aromatic N) is 5. The molecule has 2 aliphatic rings. The van der Waals surface area contributed by atoms with Crippen LogP contribution in [0.25, 0.3) is 20.7 Å². The SMILES string of the molecule is CN1CCN(Cc2cccc(C(=O)OCCn3cc(-c4cc5nccc(Oc6ccc(NC(=O)C7(C=O)CC7)cc6F)c5s4)cn3)c2)CC1. The Bertz CT molecular complexity index is 2020. The quantitative estimate of drug-likeness (QED) is 0.102. The van der Waals surface area contributed by atoms with Crippen molar-refractivity contribution in [2.45, 2.75) is 25.9 Å². The molecule has 2 aromatic carbocycles. The van der Waals surface area contributed by atoms with Gasteiger partial charge in [0, 0.05) is 73.4 Å². The van der Waals surface area contributed by atoms with Crippen LogP contribution in [-0.4, -0.2) is 82.6 Å². The molecule has 0 bridgehead atoms. The number of hydrogen-bond acceptors (Lipinski definition) is 10. The maximum atomic E-state index is 15.0. The van der Waals surface area contributed by atoms with E-state index in [0.717, 1.165) is 53.4 Å². The molecule has 5 aromatic rings. The van der Waals surface area contributed by atoms with Gasteiger partial charge in [-0.15, -0.1) is 11.3 Å². The molecule has 1 saturated heterocycles. The molecule has 2 fully saturated rings. The summed E-state index contributed by atoms with van der Waals surface area (Å²) >= 11 is 1.43. The zero-order valence-electron chi connectivity index (χ0n) is 26.9. The van der Waals surface area contributed by atoms with Gasteiger partial charge < -0.3 is 24.5 Å². The number of anilines is 1. The van der Waals surface area contributed by atoms with Gasteiger partial charge in [-0.1, -0.05) is 12.1 Å². The van der Waals surface area contributed by atoms with E-state index >= 15 is 4.39 Å². The molecule has 49 heavy (non-hydrogen) atoms. The molecule has 3 aromatic heterocycles. The van der Waals surface area contributed by atoms with Gasteiger partial charge in [0.1, 0.15) is 24.1 Å². The maximum absolute atomic E-state index is 15.0. The number of esters is 1. The van der Waals surface area contributed by atoms with Crippen molar-refractivity contribution < 1.29 is 28.2 Å². The Morgan fingerprint density at radius 1 is 1.06 bits per heavy atom. The van der Waals surface area contributed by atoms with Crippen LogP contribution in [-0.2, 0) is 27.4 Å². The summed E-state index contributed by atoms with van der Waals surface area (Å²) in [4.78, 5) is 46.4. The van der Waals surface area contributed by atoms with E-state index in [1.807, 2.05) is 30.5 Å². The Morgan fingerprint density at radius 3 is 2.67 bits per heavy atom. The summed E-state index contributed by atoms with van der Waals surface area (Å²) in [6, 6.07) is 15.3. The molecule has 1 saturated carbocycles. The molecule has 11 nitrogen and oxygen atoms in total. The minimum atomic E-state index is -0.994. The second-order valence-corrected chi connectivity index (χ2v) is 13.6. The van der Waals surface area contributed by atoms with Crippen molar-refractivity contribution in [2.75, 3.05) is 45.2 Å². The number of fused-ring (bicyclic) bond motifs is 1. The van der Waals surface area contributed by atoms with Gasteiger partial charge >= 0.3 is 5.97 Å². The molecule has 1 aliphatic carbocycles. The van der Waals surface area contributed by atoms with Crippen LogP contribution in [0, 0.1) is 11.2 Å². The van der Waals surface area contributed by atoms with Gasteiger partial charge in [-0.2, -0.15) is 5.10 Å². The van der Waals surface area contributed by atoms with Crippen LogP contribution in [0.5, 0.6) is 11.5 Å². The van der Waals surface area contributed by atoms with Crippen LogP contribution in [0.15, 0.2) is 73.2 Å². The lowest BCUT2D eigenvalue weighted by Crippen LogP contribution is -2.43. The lowest BCUT2D eigenvalue weighted by molar-refractivity contribution is -0.126. The Balaban J connectivity index is 0.955. The average molecular weight is 683 g/mol. The predicted molar refractivity (Wildman–Crippen MR) is 183 cm³/mol. The molecule has 0 unspecified atom stereocenters. The number of aldehydes is 1. The number of amides is 1. The number of likely N-dealkylation sites (N-methyl/N-ethyl adjacent to an activating group) is 1. The average Bonchev–Trinajstić information content (AvgIpc) is 3.55. The van der Waals surface area contributed by atoms with E-state index < -0.39 is 17.1 Å². The highest BCUT2D eigenvalue weighted by Gasteiger charge is 2.50. The fraction of sp³-hybridized carbons (Fsp3) is 0.306. The highest BCUT2D eigenvalue weighted by Crippen LogP contribution is 2.44. The lowest BCUT2D eigenvalue weighted by Gasteiger charge is -2.32. The van der Waals surface area contributed by atoms with Crippen molar-refractivity contribution >= 4 is 45.4 Å². The predicted octanol–water partition coefficient (Wildman–Crippen LogP) is 5.61. The molecule has 13 heteroatoms. The minimum Gasteiger partial charge on any atom is -0.460 e. The van der Waals surface area contributed by atoms with Gasteiger partial charge in [0.05, 0.1) is 28.5 Å². The first-order valence-corrected chi connectivity index (χ1v) is 16.9. The summed E-state index contributed by atoms with van der Waals surface area (Å²) in [5.41, 5.74) is 2.42. The van der Waals surface area contributed by atoms with E-state index in [2.05, 4.69) is 32.2 Å². The van der Waals surface area contributed by atoms with Crippen molar-refractivity contribution in [3.8, 4) is 21.9 Å². The van der Waals surface area contributed by atoms with Gasteiger partial charge in [-0.25, -0.2) is 9.18 Å². The van der Waals surface area contributed by atoms with Gasteiger partial charge in [-0.05, 0) is 55.8 Å². The Labute approximate surface area is 286 Å². The largest absolute Gasteiger partial charge is 0.460 e. The lowest BCUT2D eigenvalue weighted by atomic mass is 10.1. The summed E-state index contributed by atoms with van der Waals surface area (Å²) in [5.74, 6) is -1.03. The van der Waals surface area contributed by atoms with Crippen LogP contribution in [0.1, 0.15) is 28.8 Å². The van der Waals surface area contributed by atoms with Crippen molar-refractivity contribution in [3.05, 3.63) is 90.1 Å². The Kier molecular flexibility index (Phi) is 9.21. The third-order valence-corrected chi connectivity index (χ3v) is 10.1. The first-order valence-electron chi connectivity index (χ1n) is 16.1. The molecule has 252 valence electrons. The van der Waals surface area contributed by atoms with Crippen LogP contribution in [0.2, 0.25) is 0 Å². The molecular formula is C36H35FN6O5S. The molecule has 1 N–H and O–H groups in total. The number of carbonyl (C=O) groups is 3. The summed E-state index contributed by atoms with van der Waals surface area (Å²) in [5, 5.41) is 7.06. The molecule has 0 radical (unpaired) electrons. The first kappa shape index (κ1) is 32.6. The number of ether oxygens (including phenoxy) is 2. The van der Waals surface area contributed by atoms with Crippen LogP contribution in [0.3, 0.4) is 0 Å². The van der Waals surface area contributed by atoms with Gasteiger partial charge in [-0.3, -0.25) is 19.4 Å². The van der Waals surface area contributed by atoms with Crippen molar-refractivity contribution in [3.63, 3.8) is 0 Å². The molecule has 1 aliphatic heterocycles. The minimum absolute atomic E-state index is 0.0129. The van der Waals surface area contributed by atoms with E-state index in [9.17, 15) is 14.4 Å². The number of benzene rings is 2. The number of aromatic nitrogens is 3. The number of carbonyl (C=O) groups excluding carboxylic acids is 3. The highest BCUT2D eigenvalue weighted by atomic mass is 32.1. The monoisotopic (exact) mass is 682 g/mol. The summed E-state index contributed by atoms with van der Waals surface area (Å²) in [6.07, 6.45) is 6.85. The zero-order chi connectivity index (χ0) is 34.0. The van der Waals surface area contributed by atoms with Crippen molar-refractivity contribution in [1.82, 2.24) is 24.6 Å². The Morgan fingerprint density at radius 2 is 1.90 bits per heavy atom. The van der Waals surface area contributed by atoms with Crippen LogP contribution >= 0.6 is 11.3 Å². The van der Waals surface area contributed by atoms with E-state index in [-0.39, 0.29) is 24.0 Å². The van der Waals surface area contributed by atoms with E-state index in [0.29, 0.717) is 42.5 Å². The summed E-state index contributed by atoms with van der Waals surface area (Å²) in [7, 11) is 2.13. The van der Waals surface area contributed by atoms with Crippen molar-refractivity contribution in [2.24, 2.45) is 5.41 Å². The number of thiophene rings is 1. The highest BCUT2D eigenvalue weighted by molar-refractivity contribution is 7.22. The number of halogens is 1. The first-order chi connectivity index (χ1) is 23.8. The number of hydrogen-bond donors (Lipinski definition) is 1. The maximum Gasteiger partial charge on any atom is 0.338 e. The molecule has 0 atom stereocenters. The number of nitrogens with one attached hydrogen (secondary N) is 1. The van der Waals surface area contributed by atoms with Gasteiger partial charge in [0.25, 0.3) is 0 Å². The van der Waals surface area contributed by atoms with E-state index in [1.54, 1.807) is 29.2 Å². The van der Waals surface area contributed by atoms with Gasteiger partial charge in [0.2, 0.25) is 5.91 Å². The molecule has 0 spiro atoms. The van der Waals surface area contributed by atoms with E-state index in [4.69, 9.17) is 9.47 Å². The fourth-order valence-corrected chi connectivity index (χ4v) is 6.74. The summed E-state index contributed by atoms with van der Waals surface area (Å²) < 4.78 is 29.0. The number of piperazine rings is 1. The third kappa shape index (κ3) is 7.38. The molecule has 1 amide bonds. The fourth-order valence-electron chi connectivity index (χ4n) is 5.70. The van der Waals surface area contributed by atoms with Crippen LogP contribution < -0.4 is 10.1 Å². The molecule has 7 rings (SSSR count). The number of rotatable bonds is 12. The molecular weight excluding hydrogens is 647 g/mol. The standard InChI is InChI=1S/C36H35FN6O5S/c1-41-11-13-42(14-12-41)21-24-3-2-4-25(17-24)34(45)47-16-15-43-22-26(20-39-43)32-19-29-33(49-32)31(7-10-38-29)48-30-6-5-27(18-28(30)37)40-35(46)36(23-44)8-9-36/h2-7,10,17-20,22-23H,8-9,11-16,21H2,1H3,(H,40,46). The Hall–Kier alpha value is -4.98. The van der Waals surface area contributed by atoms with Gasteiger partial charge in [0.15, 0.2) is 11.6 Å². The topological polar surface area (TPSA) is 119 Å². The zero-order valence-corrected chi connectivity index (χ0v) is 27.7. The second kappa shape index (κ2) is 13.9.